The van der Waals surface area contributed by atoms with Gasteiger partial charge in [0.15, 0.2) is 0 Å². The van der Waals surface area contributed by atoms with Crippen LogP contribution in [0.15, 0.2) is 127 Å². The number of fused-ring (bicyclic) bond motifs is 2. The molecule has 0 atom stereocenters. The molecule has 33 heavy (non-hydrogen) atoms. The molecule has 156 valence electrons. The average Bonchev–Trinajstić information content (AvgIpc) is 2.88. The van der Waals surface area contributed by atoms with Crippen molar-refractivity contribution in [3.63, 3.8) is 0 Å². The largest absolute Gasteiger partial charge is 0.399 e. The van der Waals surface area contributed by atoms with E-state index < -0.39 is 0 Å². The van der Waals surface area contributed by atoms with Gasteiger partial charge < -0.3 is 5.73 Å². The quantitative estimate of drug-likeness (QED) is 0.225. The van der Waals surface area contributed by atoms with E-state index in [1.54, 1.807) is 0 Å². The Hall–Kier alpha value is -4.36. The lowest BCUT2D eigenvalue weighted by Gasteiger charge is -2.18. The van der Waals surface area contributed by atoms with Crippen LogP contribution in [0.4, 0.5) is 5.69 Å². The highest BCUT2D eigenvalue weighted by Gasteiger charge is 2.16. The standard InChI is InChI=1S/C32H23N/c33-26-20-18-23(19-21-26)22-14-16-25(17-15-22)32-29-12-6-4-10-27(29)31(24-8-2-1-3-9-24)28-11-5-7-13-30(28)32/h1-21H,33H2. The number of hydrogen-bond donors (Lipinski definition) is 1. The highest BCUT2D eigenvalue weighted by atomic mass is 14.5. The Bertz CT molecular complexity index is 1520. The van der Waals surface area contributed by atoms with Crippen molar-refractivity contribution < 1.29 is 0 Å². The summed E-state index contributed by atoms with van der Waals surface area (Å²) in [6.45, 7) is 0. The molecule has 0 amide bonds. The molecule has 0 fully saturated rings. The summed E-state index contributed by atoms with van der Waals surface area (Å²) < 4.78 is 0. The van der Waals surface area contributed by atoms with E-state index >= 15 is 0 Å². The molecule has 0 spiro atoms. The van der Waals surface area contributed by atoms with Crippen LogP contribution in [0.3, 0.4) is 0 Å². The fraction of sp³-hybridized carbons (Fsp3) is 0. The van der Waals surface area contributed by atoms with Gasteiger partial charge in [0.25, 0.3) is 0 Å². The Morgan fingerprint density at radius 3 is 1.09 bits per heavy atom. The van der Waals surface area contributed by atoms with E-state index in [1.807, 2.05) is 12.1 Å². The molecule has 0 saturated carbocycles. The smallest absolute Gasteiger partial charge is 0.0314 e. The number of hydrogen-bond acceptors (Lipinski definition) is 1. The lowest BCUT2D eigenvalue weighted by atomic mass is 9.86. The second kappa shape index (κ2) is 7.96. The van der Waals surface area contributed by atoms with Crippen molar-refractivity contribution in [1.82, 2.24) is 0 Å². The second-order valence-electron chi connectivity index (χ2n) is 8.41. The SMILES string of the molecule is Nc1ccc(-c2ccc(-c3c4ccccc4c(-c4ccccc4)c4ccccc34)cc2)cc1. The van der Waals surface area contributed by atoms with Gasteiger partial charge in [0.1, 0.15) is 0 Å². The number of nitrogen functional groups attached to an aromatic ring is 1. The van der Waals surface area contributed by atoms with Gasteiger partial charge in [-0.15, -0.1) is 0 Å². The molecule has 1 nitrogen and oxygen atoms in total. The van der Waals surface area contributed by atoms with E-state index in [0.29, 0.717) is 0 Å². The molecule has 2 N–H and O–H groups in total. The Morgan fingerprint density at radius 1 is 0.303 bits per heavy atom. The molecule has 6 rings (SSSR count). The number of rotatable bonds is 3. The predicted octanol–water partition coefficient (Wildman–Crippen LogP) is 8.58. The van der Waals surface area contributed by atoms with Crippen molar-refractivity contribution in [3.8, 4) is 33.4 Å². The van der Waals surface area contributed by atoms with Gasteiger partial charge in [-0.2, -0.15) is 0 Å². The van der Waals surface area contributed by atoms with E-state index in [9.17, 15) is 0 Å². The molecule has 6 aromatic carbocycles. The van der Waals surface area contributed by atoms with Crippen LogP contribution in [-0.4, -0.2) is 0 Å². The van der Waals surface area contributed by atoms with Crippen molar-refractivity contribution in [2.24, 2.45) is 0 Å². The van der Waals surface area contributed by atoms with E-state index in [0.717, 1.165) is 5.69 Å². The van der Waals surface area contributed by atoms with Crippen LogP contribution in [0.25, 0.3) is 54.9 Å². The molecule has 0 heterocycles. The Morgan fingerprint density at radius 2 is 0.636 bits per heavy atom. The second-order valence-corrected chi connectivity index (χ2v) is 8.41. The summed E-state index contributed by atoms with van der Waals surface area (Å²) in [5.74, 6) is 0. The van der Waals surface area contributed by atoms with Crippen LogP contribution in [-0.2, 0) is 0 Å². The molecule has 0 saturated heterocycles. The molecule has 0 bridgehead atoms. The first-order chi connectivity index (χ1) is 16.3. The molecule has 0 unspecified atom stereocenters. The maximum Gasteiger partial charge on any atom is 0.0314 e. The van der Waals surface area contributed by atoms with Crippen molar-refractivity contribution in [3.05, 3.63) is 127 Å². The molecule has 0 aliphatic heterocycles. The highest BCUT2D eigenvalue weighted by Crippen LogP contribution is 2.43. The van der Waals surface area contributed by atoms with Crippen molar-refractivity contribution in [1.29, 1.82) is 0 Å². The maximum atomic E-state index is 5.86. The fourth-order valence-electron chi connectivity index (χ4n) is 4.86. The normalized spacial score (nSPS) is 11.2. The zero-order valence-electron chi connectivity index (χ0n) is 18.2. The molecule has 1 heteroatoms. The molecule has 6 aromatic rings. The zero-order chi connectivity index (χ0) is 22.2. The number of nitrogens with two attached hydrogens (primary N) is 1. The van der Waals surface area contributed by atoms with Crippen LogP contribution in [0.1, 0.15) is 0 Å². The molecular weight excluding hydrogens is 398 g/mol. The van der Waals surface area contributed by atoms with E-state index in [-0.39, 0.29) is 0 Å². The van der Waals surface area contributed by atoms with Gasteiger partial charge in [0, 0.05) is 5.69 Å². The summed E-state index contributed by atoms with van der Waals surface area (Å²) in [5.41, 5.74) is 14.1. The summed E-state index contributed by atoms with van der Waals surface area (Å²) in [6.07, 6.45) is 0. The molecule has 0 aliphatic carbocycles. The van der Waals surface area contributed by atoms with Crippen molar-refractivity contribution >= 4 is 27.2 Å². The van der Waals surface area contributed by atoms with Gasteiger partial charge in [0.05, 0.1) is 0 Å². The summed E-state index contributed by atoms with van der Waals surface area (Å²) >= 11 is 0. The summed E-state index contributed by atoms with van der Waals surface area (Å²) in [6, 6.07) is 45.2. The molecule has 0 aromatic heterocycles. The lowest BCUT2D eigenvalue weighted by molar-refractivity contribution is 1.60. The van der Waals surface area contributed by atoms with Crippen LogP contribution < -0.4 is 5.73 Å². The first-order valence-corrected chi connectivity index (χ1v) is 11.2. The first-order valence-electron chi connectivity index (χ1n) is 11.2. The molecule has 0 aliphatic rings. The first kappa shape index (κ1) is 19.3. The van der Waals surface area contributed by atoms with Crippen LogP contribution in [0, 0.1) is 0 Å². The van der Waals surface area contributed by atoms with E-state index in [1.165, 1.54) is 54.9 Å². The summed E-state index contributed by atoms with van der Waals surface area (Å²) in [5, 5.41) is 5.10. The van der Waals surface area contributed by atoms with Crippen LogP contribution >= 0.6 is 0 Å². The summed E-state index contributed by atoms with van der Waals surface area (Å²) in [4.78, 5) is 0. The maximum absolute atomic E-state index is 5.86. The monoisotopic (exact) mass is 421 g/mol. The number of anilines is 1. The third-order valence-electron chi connectivity index (χ3n) is 6.41. The van der Waals surface area contributed by atoms with Gasteiger partial charge in [0.2, 0.25) is 0 Å². The Kier molecular flexibility index (Phi) is 4.66. The fourth-order valence-corrected chi connectivity index (χ4v) is 4.86. The van der Waals surface area contributed by atoms with Crippen LogP contribution in [0.5, 0.6) is 0 Å². The predicted molar refractivity (Wildman–Crippen MR) is 142 cm³/mol. The van der Waals surface area contributed by atoms with Gasteiger partial charge in [-0.1, -0.05) is 115 Å². The molecular formula is C32H23N. The Labute approximate surface area is 193 Å². The van der Waals surface area contributed by atoms with Gasteiger partial charge in [-0.3, -0.25) is 0 Å². The van der Waals surface area contributed by atoms with E-state index in [2.05, 4.69) is 115 Å². The third-order valence-corrected chi connectivity index (χ3v) is 6.41. The number of benzene rings is 6. The minimum Gasteiger partial charge on any atom is -0.399 e. The molecule has 0 radical (unpaired) electrons. The van der Waals surface area contributed by atoms with Gasteiger partial charge >= 0.3 is 0 Å². The van der Waals surface area contributed by atoms with Gasteiger partial charge in [-0.05, 0) is 67.1 Å². The average molecular weight is 422 g/mol. The lowest BCUT2D eigenvalue weighted by Crippen LogP contribution is -1.90. The highest BCUT2D eigenvalue weighted by molar-refractivity contribution is 6.21. The van der Waals surface area contributed by atoms with E-state index in [4.69, 9.17) is 5.73 Å². The Balaban J connectivity index is 1.61. The topological polar surface area (TPSA) is 26.0 Å². The minimum atomic E-state index is 0.784. The third kappa shape index (κ3) is 3.35. The van der Waals surface area contributed by atoms with Crippen molar-refractivity contribution in [2.45, 2.75) is 0 Å². The summed E-state index contributed by atoms with van der Waals surface area (Å²) in [7, 11) is 0. The van der Waals surface area contributed by atoms with Crippen LogP contribution in [0.2, 0.25) is 0 Å². The minimum absolute atomic E-state index is 0.784. The van der Waals surface area contributed by atoms with Crippen molar-refractivity contribution in [2.75, 3.05) is 5.73 Å². The zero-order valence-corrected chi connectivity index (χ0v) is 18.2. The van der Waals surface area contributed by atoms with Gasteiger partial charge in [-0.25, -0.2) is 0 Å².